The Labute approximate surface area is 140 Å². The molecule has 3 nitrogen and oxygen atoms in total. The van der Waals surface area contributed by atoms with E-state index in [1.54, 1.807) is 12.1 Å². The molecular formula is C20H21FN2O. The number of hydrogen-bond donors (Lipinski definition) is 1. The fourth-order valence-corrected chi connectivity index (χ4v) is 3.43. The van der Waals surface area contributed by atoms with Crippen molar-refractivity contribution in [2.45, 2.75) is 44.8 Å². The molecule has 0 radical (unpaired) electrons. The number of H-pyrrole nitrogens is 1. The maximum atomic E-state index is 13.7. The lowest BCUT2D eigenvalue weighted by atomic mass is 9.97. The van der Waals surface area contributed by atoms with Crippen molar-refractivity contribution < 1.29 is 9.13 Å². The zero-order chi connectivity index (χ0) is 16.4. The monoisotopic (exact) mass is 324 g/mol. The number of aromatic amines is 1. The second kappa shape index (κ2) is 6.73. The highest BCUT2D eigenvalue weighted by molar-refractivity contribution is 5.79. The summed E-state index contributed by atoms with van der Waals surface area (Å²) in [6.07, 6.45) is 6.26. The molecule has 1 fully saturated rings. The van der Waals surface area contributed by atoms with Gasteiger partial charge in [-0.2, -0.15) is 0 Å². The lowest BCUT2D eigenvalue weighted by molar-refractivity contribution is 0.0169. The van der Waals surface area contributed by atoms with Crippen molar-refractivity contribution >= 4 is 11.0 Å². The van der Waals surface area contributed by atoms with Crippen LogP contribution in [0, 0.1) is 5.82 Å². The van der Waals surface area contributed by atoms with E-state index in [0.717, 1.165) is 40.8 Å². The first-order valence-electron chi connectivity index (χ1n) is 8.65. The number of hydrogen-bond acceptors (Lipinski definition) is 2. The number of aromatic nitrogens is 2. The van der Waals surface area contributed by atoms with Crippen molar-refractivity contribution in [1.29, 1.82) is 0 Å². The first-order valence-corrected chi connectivity index (χ1v) is 8.65. The van der Waals surface area contributed by atoms with Crippen LogP contribution in [0.2, 0.25) is 0 Å². The molecule has 124 valence electrons. The van der Waals surface area contributed by atoms with Gasteiger partial charge in [0.15, 0.2) is 0 Å². The molecule has 1 heterocycles. The number of benzene rings is 2. The third kappa shape index (κ3) is 3.20. The van der Waals surface area contributed by atoms with Crippen LogP contribution >= 0.6 is 0 Å². The molecule has 1 aliphatic carbocycles. The van der Waals surface area contributed by atoms with Crippen molar-refractivity contribution in [2.75, 3.05) is 0 Å². The average Bonchev–Trinajstić information content (AvgIpc) is 3.05. The van der Waals surface area contributed by atoms with Gasteiger partial charge in [-0.05, 0) is 48.7 Å². The Morgan fingerprint density at radius 2 is 1.92 bits per heavy atom. The van der Waals surface area contributed by atoms with Crippen LogP contribution in [0.5, 0.6) is 0 Å². The highest BCUT2D eigenvalue weighted by atomic mass is 19.1. The molecule has 0 amide bonds. The van der Waals surface area contributed by atoms with Gasteiger partial charge in [0.25, 0.3) is 0 Å². The molecule has 0 aliphatic heterocycles. The molecular weight excluding hydrogens is 303 g/mol. The van der Waals surface area contributed by atoms with Gasteiger partial charge < -0.3 is 9.72 Å². The molecule has 0 unspecified atom stereocenters. The Balaban J connectivity index is 1.62. The van der Waals surface area contributed by atoms with Crippen LogP contribution in [0.3, 0.4) is 0 Å². The minimum absolute atomic E-state index is 0.239. The number of ether oxygens (including phenoxy) is 1. The summed E-state index contributed by atoms with van der Waals surface area (Å²) in [4.78, 5) is 7.96. The van der Waals surface area contributed by atoms with E-state index >= 15 is 0 Å². The highest BCUT2D eigenvalue weighted by Gasteiger charge is 2.16. The predicted molar refractivity (Wildman–Crippen MR) is 93.1 cm³/mol. The SMILES string of the molecule is Fc1ccc(-c2nc3ccccc3[nH]2)c(COC2CCCCC2)c1. The first-order chi connectivity index (χ1) is 11.8. The summed E-state index contributed by atoms with van der Waals surface area (Å²) in [6, 6.07) is 12.7. The standard InChI is InChI=1S/C20H21FN2O/c21-15-10-11-17(20-22-18-8-4-5-9-19(18)23-20)14(12-15)13-24-16-6-2-1-3-7-16/h4-5,8-12,16H,1-3,6-7,13H2,(H,22,23). The van der Waals surface area contributed by atoms with Crippen LogP contribution in [0.4, 0.5) is 4.39 Å². The van der Waals surface area contributed by atoms with Crippen LogP contribution < -0.4 is 0 Å². The second-order valence-corrected chi connectivity index (χ2v) is 6.48. The van der Waals surface area contributed by atoms with Crippen molar-refractivity contribution in [3.63, 3.8) is 0 Å². The van der Waals surface area contributed by atoms with Crippen LogP contribution in [0.15, 0.2) is 42.5 Å². The molecule has 1 aliphatic rings. The molecule has 2 aromatic carbocycles. The quantitative estimate of drug-likeness (QED) is 0.714. The molecule has 3 aromatic rings. The van der Waals surface area contributed by atoms with Gasteiger partial charge in [0.1, 0.15) is 11.6 Å². The maximum absolute atomic E-state index is 13.7. The highest BCUT2D eigenvalue weighted by Crippen LogP contribution is 2.27. The molecule has 0 saturated heterocycles. The van der Waals surface area contributed by atoms with Crippen molar-refractivity contribution in [3.8, 4) is 11.4 Å². The van der Waals surface area contributed by atoms with Crippen LogP contribution in [0.1, 0.15) is 37.7 Å². The Morgan fingerprint density at radius 3 is 2.75 bits per heavy atom. The van der Waals surface area contributed by atoms with E-state index in [1.165, 1.54) is 25.3 Å². The number of imidazole rings is 1. The Morgan fingerprint density at radius 1 is 1.08 bits per heavy atom. The van der Waals surface area contributed by atoms with Gasteiger partial charge in [-0.3, -0.25) is 0 Å². The Bertz CT molecular complexity index is 804. The van der Waals surface area contributed by atoms with Crippen molar-refractivity contribution in [3.05, 3.63) is 53.8 Å². The summed E-state index contributed by atoms with van der Waals surface area (Å²) >= 11 is 0. The van der Waals surface area contributed by atoms with Gasteiger partial charge in [-0.25, -0.2) is 9.37 Å². The van der Waals surface area contributed by atoms with Crippen LogP contribution in [-0.4, -0.2) is 16.1 Å². The van der Waals surface area contributed by atoms with E-state index in [4.69, 9.17) is 4.74 Å². The van der Waals surface area contributed by atoms with Crippen molar-refractivity contribution in [1.82, 2.24) is 9.97 Å². The fraction of sp³-hybridized carbons (Fsp3) is 0.350. The minimum atomic E-state index is -0.239. The molecule has 1 aromatic heterocycles. The molecule has 0 atom stereocenters. The Kier molecular flexibility index (Phi) is 4.30. The second-order valence-electron chi connectivity index (χ2n) is 6.48. The normalized spacial score (nSPS) is 15.9. The van der Waals surface area contributed by atoms with E-state index in [-0.39, 0.29) is 5.82 Å². The van der Waals surface area contributed by atoms with Gasteiger partial charge >= 0.3 is 0 Å². The summed E-state index contributed by atoms with van der Waals surface area (Å²) in [7, 11) is 0. The van der Waals surface area contributed by atoms with Crippen LogP contribution in [0.25, 0.3) is 22.4 Å². The number of para-hydroxylation sites is 2. The topological polar surface area (TPSA) is 37.9 Å². The summed E-state index contributed by atoms with van der Waals surface area (Å²) in [5, 5.41) is 0. The van der Waals surface area contributed by atoms with Crippen molar-refractivity contribution in [2.24, 2.45) is 0 Å². The average molecular weight is 324 g/mol. The van der Waals surface area contributed by atoms with Gasteiger partial charge in [0.2, 0.25) is 0 Å². The fourth-order valence-electron chi connectivity index (χ4n) is 3.43. The van der Waals surface area contributed by atoms with E-state index < -0.39 is 0 Å². The smallest absolute Gasteiger partial charge is 0.138 e. The number of nitrogens with zero attached hydrogens (tertiary/aromatic N) is 1. The number of rotatable bonds is 4. The summed E-state index contributed by atoms with van der Waals surface area (Å²) in [6.45, 7) is 0.425. The number of nitrogens with one attached hydrogen (secondary N) is 1. The number of halogens is 1. The minimum Gasteiger partial charge on any atom is -0.374 e. The summed E-state index contributed by atoms with van der Waals surface area (Å²) < 4.78 is 19.8. The van der Waals surface area contributed by atoms with Crippen LogP contribution in [-0.2, 0) is 11.3 Å². The van der Waals surface area contributed by atoms with Gasteiger partial charge in [0.05, 0.1) is 23.7 Å². The lowest BCUT2D eigenvalue weighted by Gasteiger charge is -2.22. The largest absolute Gasteiger partial charge is 0.374 e. The summed E-state index contributed by atoms with van der Waals surface area (Å²) in [5.41, 5.74) is 3.65. The zero-order valence-corrected chi connectivity index (χ0v) is 13.6. The molecule has 0 bridgehead atoms. The molecule has 4 rings (SSSR count). The maximum Gasteiger partial charge on any atom is 0.138 e. The van der Waals surface area contributed by atoms with Gasteiger partial charge in [-0.1, -0.05) is 31.4 Å². The van der Waals surface area contributed by atoms with E-state index in [1.807, 2.05) is 24.3 Å². The third-order valence-corrected chi connectivity index (χ3v) is 4.74. The molecule has 24 heavy (non-hydrogen) atoms. The van der Waals surface area contributed by atoms with E-state index in [0.29, 0.717) is 12.7 Å². The third-order valence-electron chi connectivity index (χ3n) is 4.74. The molecule has 1 N–H and O–H groups in total. The zero-order valence-electron chi connectivity index (χ0n) is 13.6. The van der Waals surface area contributed by atoms with E-state index in [9.17, 15) is 4.39 Å². The van der Waals surface area contributed by atoms with E-state index in [2.05, 4.69) is 9.97 Å². The first kappa shape index (κ1) is 15.3. The predicted octanol–water partition coefficient (Wildman–Crippen LogP) is 5.22. The summed E-state index contributed by atoms with van der Waals surface area (Å²) in [5.74, 6) is 0.524. The Hall–Kier alpha value is -2.20. The molecule has 0 spiro atoms. The lowest BCUT2D eigenvalue weighted by Crippen LogP contribution is -2.16. The van der Waals surface area contributed by atoms with Gasteiger partial charge in [0, 0.05) is 5.56 Å². The van der Waals surface area contributed by atoms with Gasteiger partial charge in [-0.15, -0.1) is 0 Å². The molecule has 4 heteroatoms. The number of fused-ring (bicyclic) bond motifs is 1. The molecule has 1 saturated carbocycles.